The summed E-state index contributed by atoms with van der Waals surface area (Å²) in [5.74, 6) is 0. The maximum absolute atomic E-state index is 14.3. The number of H-pyrrole nitrogens is 1. The number of hydrogen-bond acceptors (Lipinski definition) is 5. The largest absolute Gasteiger partial charge is 0.394 e. The average molecular weight is 260 g/mol. The Morgan fingerprint density at radius 3 is 2.78 bits per heavy atom. The van der Waals surface area contributed by atoms with Crippen LogP contribution in [0.2, 0.25) is 0 Å². The van der Waals surface area contributed by atoms with Crippen molar-refractivity contribution in [2.45, 2.75) is 31.0 Å². The lowest BCUT2D eigenvalue weighted by Gasteiger charge is -2.24. The highest BCUT2D eigenvalue weighted by atomic mass is 19.1. The number of hydrogen-bond donors (Lipinski definition) is 3. The molecule has 1 aliphatic heterocycles. The van der Waals surface area contributed by atoms with Crippen molar-refractivity contribution in [2.24, 2.45) is 0 Å². The zero-order chi connectivity index (χ0) is 13.5. The molecule has 100 valence electrons. The predicted molar refractivity (Wildman–Crippen MR) is 57.8 cm³/mol. The Balaban J connectivity index is 2.45. The van der Waals surface area contributed by atoms with E-state index in [-0.39, 0.29) is 0 Å². The number of aromatic amines is 1. The van der Waals surface area contributed by atoms with Crippen LogP contribution in [0, 0.1) is 0 Å². The minimum absolute atomic E-state index is 0.574. The summed E-state index contributed by atoms with van der Waals surface area (Å²) in [6.07, 6.45) is -3.01. The summed E-state index contributed by atoms with van der Waals surface area (Å²) >= 11 is 0. The standard InChI is InChI=1S/C10H13FN2O5/c1-10(11)7(16)5(4-14)18-8(10)13-3-2-6(15)12-9(13)17/h2-3,5,7-8,14,16H,4H2,1H3,(H,12,15,17)/t5-,7-,8+,10-/m1/s1. The summed E-state index contributed by atoms with van der Waals surface area (Å²) in [5, 5.41) is 18.6. The molecule has 1 aliphatic rings. The van der Waals surface area contributed by atoms with Crippen LogP contribution in [-0.4, -0.2) is 44.2 Å². The van der Waals surface area contributed by atoms with Crippen molar-refractivity contribution in [3.8, 4) is 0 Å². The molecule has 1 aromatic heterocycles. The molecule has 0 unspecified atom stereocenters. The molecule has 0 amide bonds. The van der Waals surface area contributed by atoms with Crippen LogP contribution in [0.5, 0.6) is 0 Å². The molecule has 0 aliphatic carbocycles. The van der Waals surface area contributed by atoms with Crippen molar-refractivity contribution >= 4 is 0 Å². The lowest BCUT2D eigenvalue weighted by molar-refractivity contribution is -0.0611. The average Bonchev–Trinajstić information content (AvgIpc) is 2.52. The molecule has 0 bridgehead atoms. The van der Waals surface area contributed by atoms with Gasteiger partial charge in [0.05, 0.1) is 6.61 Å². The van der Waals surface area contributed by atoms with Crippen LogP contribution in [-0.2, 0) is 4.74 Å². The highest BCUT2D eigenvalue weighted by Gasteiger charge is 2.54. The van der Waals surface area contributed by atoms with Crippen LogP contribution >= 0.6 is 0 Å². The van der Waals surface area contributed by atoms with E-state index in [1.54, 1.807) is 0 Å². The first-order valence-corrected chi connectivity index (χ1v) is 5.32. The van der Waals surface area contributed by atoms with Crippen molar-refractivity contribution in [1.82, 2.24) is 9.55 Å². The second-order valence-electron chi connectivity index (χ2n) is 4.32. The first-order valence-electron chi connectivity index (χ1n) is 5.32. The molecule has 18 heavy (non-hydrogen) atoms. The highest BCUT2D eigenvalue weighted by Crippen LogP contribution is 2.40. The summed E-state index contributed by atoms with van der Waals surface area (Å²) < 4.78 is 20.3. The lowest BCUT2D eigenvalue weighted by atomic mass is 9.98. The van der Waals surface area contributed by atoms with Gasteiger partial charge in [0.25, 0.3) is 5.56 Å². The molecule has 8 heteroatoms. The van der Waals surface area contributed by atoms with Crippen LogP contribution in [0.25, 0.3) is 0 Å². The van der Waals surface area contributed by atoms with E-state index < -0.39 is 42.0 Å². The summed E-state index contributed by atoms with van der Waals surface area (Å²) in [4.78, 5) is 24.4. The van der Waals surface area contributed by atoms with Crippen LogP contribution < -0.4 is 11.2 Å². The molecule has 0 radical (unpaired) electrons. The smallest absolute Gasteiger partial charge is 0.330 e. The molecule has 0 spiro atoms. The van der Waals surface area contributed by atoms with Crippen molar-refractivity contribution < 1.29 is 19.3 Å². The van der Waals surface area contributed by atoms with E-state index in [1.165, 1.54) is 0 Å². The maximum Gasteiger partial charge on any atom is 0.330 e. The highest BCUT2D eigenvalue weighted by molar-refractivity contribution is 5.01. The number of alkyl halides is 1. The minimum Gasteiger partial charge on any atom is -0.394 e. The SMILES string of the molecule is C[C@@]1(F)[C@H](O)[C@@H](CO)O[C@@H]1n1ccc(=O)[nH]c1=O. The molecule has 4 atom stereocenters. The molecule has 1 fully saturated rings. The second-order valence-corrected chi connectivity index (χ2v) is 4.32. The number of aliphatic hydroxyl groups excluding tert-OH is 2. The summed E-state index contributed by atoms with van der Waals surface area (Å²) in [6, 6.07) is 1.04. The van der Waals surface area contributed by atoms with Gasteiger partial charge in [0.1, 0.15) is 12.2 Å². The van der Waals surface area contributed by atoms with Gasteiger partial charge in [0.15, 0.2) is 11.9 Å². The number of halogens is 1. The monoisotopic (exact) mass is 260 g/mol. The van der Waals surface area contributed by atoms with Crippen molar-refractivity contribution in [1.29, 1.82) is 0 Å². The Morgan fingerprint density at radius 2 is 2.28 bits per heavy atom. The van der Waals surface area contributed by atoms with E-state index in [0.29, 0.717) is 0 Å². The fraction of sp³-hybridized carbons (Fsp3) is 0.600. The van der Waals surface area contributed by atoms with Gasteiger partial charge in [-0.15, -0.1) is 0 Å². The van der Waals surface area contributed by atoms with Gasteiger partial charge in [-0.2, -0.15) is 0 Å². The molecule has 1 saturated heterocycles. The van der Waals surface area contributed by atoms with Gasteiger partial charge in [-0.3, -0.25) is 14.3 Å². The van der Waals surface area contributed by atoms with Gasteiger partial charge in [-0.1, -0.05) is 0 Å². The zero-order valence-corrected chi connectivity index (χ0v) is 9.54. The topological polar surface area (TPSA) is 105 Å². The number of aliphatic hydroxyl groups is 2. The van der Waals surface area contributed by atoms with E-state index >= 15 is 0 Å². The van der Waals surface area contributed by atoms with Crippen LogP contribution in [0.15, 0.2) is 21.9 Å². The Labute approximate surface area is 100 Å². The molecule has 7 nitrogen and oxygen atoms in total. The van der Waals surface area contributed by atoms with Gasteiger partial charge in [-0.25, -0.2) is 9.18 Å². The van der Waals surface area contributed by atoms with Gasteiger partial charge in [0.2, 0.25) is 0 Å². The van der Waals surface area contributed by atoms with E-state index in [0.717, 1.165) is 23.8 Å². The number of aromatic nitrogens is 2. The summed E-state index contributed by atoms with van der Waals surface area (Å²) in [5.41, 5.74) is -3.72. The Morgan fingerprint density at radius 1 is 1.61 bits per heavy atom. The second kappa shape index (κ2) is 4.30. The first-order chi connectivity index (χ1) is 8.37. The Kier molecular flexibility index (Phi) is 3.09. The van der Waals surface area contributed by atoms with Crippen molar-refractivity contribution in [3.05, 3.63) is 33.1 Å². The van der Waals surface area contributed by atoms with Gasteiger partial charge in [-0.05, 0) is 6.92 Å². The number of ether oxygens (including phenoxy) is 1. The number of nitrogens with one attached hydrogen (secondary N) is 1. The fourth-order valence-electron chi connectivity index (χ4n) is 1.97. The molecule has 0 saturated carbocycles. The van der Waals surface area contributed by atoms with E-state index in [9.17, 15) is 19.1 Å². The lowest BCUT2D eigenvalue weighted by Crippen LogP contribution is -2.43. The van der Waals surface area contributed by atoms with Crippen molar-refractivity contribution in [2.75, 3.05) is 6.61 Å². The third-order valence-corrected chi connectivity index (χ3v) is 3.00. The van der Waals surface area contributed by atoms with Crippen molar-refractivity contribution in [3.63, 3.8) is 0 Å². The minimum atomic E-state index is -2.25. The molecular formula is C10H13FN2O5. The summed E-state index contributed by atoms with van der Waals surface area (Å²) in [7, 11) is 0. The van der Waals surface area contributed by atoms with Gasteiger partial charge < -0.3 is 14.9 Å². The predicted octanol–water partition coefficient (Wildman–Crippen LogP) is -1.48. The molecular weight excluding hydrogens is 247 g/mol. The number of nitrogens with zero attached hydrogens (tertiary/aromatic N) is 1. The molecule has 0 aromatic carbocycles. The first kappa shape index (κ1) is 12.9. The van der Waals surface area contributed by atoms with Crippen LogP contribution in [0.1, 0.15) is 13.2 Å². The quantitative estimate of drug-likeness (QED) is 0.601. The maximum atomic E-state index is 14.3. The normalized spacial score (nSPS) is 35.9. The molecule has 2 rings (SSSR count). The summed E-state index contributed by atoms with van der Waals surface area (Å²) in [6.45, 7) is 0.491. The Bertz CT molecular complexity index is 552. The van der Waals surface area contributed by atoms with Crippen LogP contribution in [0.4, 0.5) is 4.39 Å². The van der Waals surface area contributed by atoms with Crippen LogP contribution in [0.3, 0.4) is 0 Å². The number of rotatable bonds is 2. The van der Waals surface area contributed by atoms with Gasteiger partial charge >= 0.3 is 5.69 Å². The van der Waals surface area contributed by atoms with E-state index in [1.807, 2.05) is 4.98 Å². The Hall–Kier alpha value is -1.51. The third kappa shape index (κ3) is 1.88. The molecule has 2 heterocycles. The fourth-order valence-corrected chi connectivity index (χ4v) is 1.97. The van der Waals surface area contributed by atoms with E-state index in [4.69, 9.17) is 9.84 Å². The van der Waals surface area contributed by atoms with E-state index in [2.05, 4.69) is 0 Å². The molecule has 3 N–H and O–H groups in total. The zero-order valence-electron chi connectivity index (χ0n) is 9.54. The van der Waals surface area contributed by atoms with Gasteiger partial charge in [0, 0.05) is 12.3 Å². The molecule has 1 aromatic rings. The third-order valence-electron chi connectivity index (χ3n) is 3.00.